The van der Waals surface area contributed by atoms with E-state index in [4.69, 9.17) is 4.74 Å². The summed E-state index contributed by atoms with van der Waals surface area (Å²) in [5, 5.41) is 3.37. The molecule has 0 amide bonds. The minimum Gasteiger partial charge on any atom is -0.372 e. The molecule has 0 bridgehead atoms. The summed E-state index contributed by atoms with van der Waals surface area (Å²) in [5.74, 6) is 0. The molecule has 1 atom stereocenters. The van der Waals surface area contributed by atoms with Crippen LogP contribution in [-0.4, -0.2) is 19.2 Å². The van der Waals surface area contributed by atoms with Crippen molar-refractivity contribution >= 4 is 0 Å². The molecule has 82 valence electrons. The largest absolute Gasteiger partial charge is 0.372 e. The summed E-state index contributed by atoms with van der Waals surface area (Å²) >= 11 is 0. The normalized spacial score (nSPS) is 24.3. The first kappa shape index (κ1) is 10.7. The lowest BCUT2D eigenvalue weighted by Crippen LogP contribution is -2.29. The highest BCUT2D eigenvalue weighted by Gasteiger charge is 2.34. The van der Waals surface area contributed by atoms with Gasteiger partial charge >= 0.3 is 0 Å². The molecule has 0 spiro atoms. The Morgan fingerprint density at radius 1 is 1.33 bits per heavy atom. The lowest BCUT2D eigenvalue weighted by atomic mass is 9.90. The Balaban J connectivity index is 1.89. The molecule has 1 aromatic carbocycles. The molecule has 1 aromatic rings. The van der Waals surface area contributed by atoms with Crippen LogP contribution in [0.5, 0.6) is 0 Å². The molecule has 0 aliphatic carbocycles. The standard InChI is InChI=1S/C13H19NO/c1-13(2)10-14-8-12(13)15-9-11-6-4-3-5-7-11/h3-7,12,14H,8-10H2,1-2H3. The molecule has 1 aliphatic heterocycles. The van der Waals surface area contributed by atoms with Gasteiger partial charge in [-0.3, -0.25) is 0 Å². The maximum absolute atomic E-state index is 5.94. The topological polar surface area (TPSA) is 21.3 Å². The van der Waals surface area contributed by atoms with Crippen molar-refractivity contribution in [3.05, 3.63) is 35.9 Å². The fraction of sp³-hybridized carbons (Fsp3) is 0.538. The third-order valence-electron chi connectivity index (χ3n) is 3.08. The Labute approximate surface area is 91.6 Å². The third kappa shape index (κ3) is 2.58. The fourth-order valence-electron chi connectivity index (χ4n) is 1.97. The first-order chi connectivity index (χ1) is 7.18. The summed E-state index contributed by atoms with van der Waals surface area (Å²) in [6.45, 7) is 7.24. The summed E-state index contributed by atoms with van der Waals surface area (Å²) in [7, 11) is 0. The Morgan fingerprint density at radius 3 is 2.67 bits per heavy atom. The molecule has 0 saturated carbocycles. The molecule has 0 aromatic heterocycles. The zero-order chi connectivity index (χ0) is 10.7. The van der Waals surface area contributed by atoms with Gasteiger partial charge in [-0.1, -0.05) is 44.2 Å². The Bertz CT molecular complexity index is 308. The quantitative estimate of drug-likeness (QED) is 0.817. The first-order valence-corrected chi connectivity index (χ1v) is 5.55. The van der Waals surface area contributed by atoms with Crippen molar-refractivity contribution in [2.24, 2.45) is 5.41 Å². The van der Waals surface area contributed by atoms with Gasteiger partial charge in [-0.2, -0.15) is 0 Å². The summed E-state index contributed by atoms with van der Waals surface area (Å²) in [6, 6.07) is 10.3. The highest BCUT2D eigenvalue weighted by atomic mass is 16.5. The Morgan fingerprint density at radius 2 is 2.07 bits per heavy atom. The number of ether oxygens (including phenoxy) is 1. The van der Waals surface area contributed by atoms with Crippen LogP contribution in [0, 0.1) is 5.41 Å². The number of benzene rings is 1. The predicted molar refractivity (Wildman–Crippen MR) is 61.7 cm³/mol. The number of rotatable bonds is 3. The monoisotopic (exact) mass is 205 g/mol. The minimum atomic E-state index is 0.259. The Hall–Kier alpha value is -0.860. The van der Waals surface area contributed by atoms with Crippen molar-refractivity contribution < 1.29 is 4.74 Å². The molecular weight excluding hydrogens is 186 g/mol. The van der Waals surface area contributed by atoms with E-state index >= 15 is 0 Å². The molecule has 1 N–H and O–H groups in total. The lowest BCUT2D eigenvalue weighted by Gasteiger charge is -2.25. The van der Waals surface area contributed by atoms with Crippen LogP contribution in [0.1, 0.15) is 19.4 Å². The third-order valence-corrected chi connectivity index (χ3v) is 3.08. The smallest absolute Gasteiger partial charge is 0.0766 e. The maximum atomic E-state index is 5.94. The summed E-state index contributed by atoms with van der Waals surface area (Å²) in [4.78, 5) is 0. The molecule has 1 aliphatic rings. The van der Waals surface area contributed by atoms with E-state index in [0.29, 0.717) is 6.10 Å². The number of hydrogen-bond acceptors (Lipinski definition) is 2. The second kappa shape index (κ2) is 4.33. The van der Waals surface area contributed by atoms with Crippen molar-refractivity contribution in [1.82, 2.24) is 5.32 Å². The molecule has 2 heteroatoms. The summed E-state index contributed by atoms with van der Waals surface area (Å²) in [5.41, 5.74) is 1.51. The van der Waals surface area contributed by atoms with E-state index in [-0.39, 0.29) is 5.41 Å². The van der Waals surface area contributed by atoms with Crippen molar-refractivity contribution in [3.63, 3.8) is 0 Å². The van der Waals surface area contributed by atoms with Gasteiger partial charge in [0.1, 0.15) is 0 Å². The van der Waals surface area contributed by atoms with Gasteiger partial charge < -0.3 is 10.1 Å². The summed E-state index contributed by atoms with van der Waals surface area (Å²) < 4.78 is 5.94. The minimum absolute atomic E-state index is 0.259. The molecular formula is C13H19NO. The highest BCUT2D eigenvalue weighted by Crippen LogP contribution is 2.27. The van der Waals surface area contributed by atoms with Gasteiger partial charge in [-0.05, 0) is 5.56 Å². The molecule has 1 heterocycles. The molecule has 2 nitrogen and oxygen atoms in total. The van der Waals surface area contributed by atoms with Gasteiger partial charge in [0, 0.05) is 18.5 Å². The SMILES string of the molecule is CC1(C)CNCC1OCc1ccccc1. The van der Waals surface area contributed by atoms with Crippen LogP contribution < -0.4 is 5.32 Å². The average molecular weight is 205 g/mol. The highest BCUT2D eigenvalue weighted by molar-refractivity contribution is 5.13. The summed E-state index contributed by atoms with van der Waals surface area (Å²) in [6.07, 6.45) is 0.331. The molecule has 1 unspecified atom stereocenters. The number of hydrogen-bond donors (Lipinski definition) is 1. The second-order valence-electron chi connectivity index (χ2n) is 4.90. The zero-order valence-electron chi connectivity index (χ0n) is 9.49. The first-order valence-electron chi connectivity index (χ1n) is 5.55. The maximum Gasteiger partial charge on any atom is 0.0766 e. The van der Waals surface area contributed by atoms with E-state index < -0.39 is 0 Å². The van der Waals surface area contributed by atoms with Crippen molar-refractivity contribution in [1.29, 1.82) is 0 Å². The van der Waals surface area contributed by atoms with E-state index in [2.05, 4.69) is 43.4 Å². The van der Waals surface area contributed by atoms with Crippen LogP contribution in [-0.2, 0) is 11.3 Å². The van der Waals surface area contributed by atoms with Crippen LogP contribution in [0.25, 0.3) is 0 Å². The van der Waals surface area contributed by atoms with E-state index in [1.54, 1.807) is 0 Å². The van der Waals surface area contributed by atoms with Crippen LogP contribution in [0.3, 0.4) is 0 Å². The van der Waals surface area contributed by atoms with Crippen LogP contribution in [0.15, 0.2) is 30.3 Å². The van der Waals surface area contributed by atoms with Crippen molar-refractivity contribution in [3.8, 4) is 0 Å². The van der Waals surface area contributed by atoms with Gasteiger partial charge in [-0.15, -0.1) is 0 Å². The van der Waals surface area contributed by atoms with E-state index in [0.717, 1.165) is 19.7 Å². The second-order valence-corrected chi connectivity index (χ2v) is 4.90. The van der Waals surface area contributed by atoms with Gasteiger partial charge in [-0.25, -0.2) is 0 Å². The molecule has 0 radical (unpaired) electrons. The molecule has 2 rings (SSSR count). The van der Waals surface area contributed by atoms with Crippen molar-refractivity contribution in [2.75, 3.05) is 13.1 Å². The lowest BCUT2D eigenvalue weighted by molar-refractivity contribution is -0.00481. The van der Waals surface area contributed by atoms with E-state index in [1.807, 2.05) is 6.07 Å². The van der Waals surface area contributed by atoms with Gasteiger partial charge in [0.25, 0.3) is 0 Å². The number of nitrogens with one attached hydrogen (secondary N) is 1. The zero-order valence-corrected chi connectivity index (χ0v) is 9.49. The fourth-order valence-corrected chi connectivity index (χ4v) is 1.97. The Kier molecular flexibility index (Phi) is 3.08. The van der Waals surface area contributed by atoms with Crippen molar-refractivity contribution in [2.45, 2.75) is 26.6 Å². The van der Waals surface area contributed by atoms with Crippen LogP contribution in [0.2, 0.25) is 0 Å². The van der Waals surface area contributed by atoms with E-state index in [1.165, 1.54) is 5.56 Å². The van der Waals surface area contributed by atoms with Crippen LogP contribution in [0.4, 0.5) is 0 Å². The van der Waals surface area contributed by atoms with E-state index in [9.17, 15) is 0 Å². The van der Waals surface area contributed by atoms with Crippen LogP contribution >= 0.6 is 0 Å². The average Bonchev–Trinajstić information content (AvgIpc) is 2.56. The van der Waals surface area contributed by atoms with Gasteiger partial charge in [0.2, 0.25) is 0 Å². The molecule has 15 heavy (non-hydrogen) atoms. The predicted octanol–water partition coefficient (Wildman–Crippen LogP) is 2.20. The molecule has 1 fully saturated rings. The molecule has 1 saturated heterocycles. The van der Waals surface area contributed by atoms with Gasteiger partial charge in [0.15, 0.2) is 0 Å². The van der Waals surface area contributed by atoms with Gasteiger partial charge in [0.05, 0.1) is 12.7 Å².